The summed E-state index contributed by atoms with van der Waals surface area (Å²) in [5.74, 6) is 1.01. The molecule has 5 heteroatoms. The third-order valence-corrected chi connectivity index (χ3v) is 5.07. The van der Waals surface area contributed by atoms with Gasteiger partial charge in [0.25, 0.3) is 0 Å². The number of carbonyl (C=O) groups is 2. The van der Waals surface area contributed by atoms with E-state index in [0.717, 1.165) is 50.0 Å². The molecule has 130 valence electrons. The summed E-state index contributed by atoms with van der Waals surface area (Å²) >= 11 is 0. The first kappa shape index (κ1) is 16.8. The molecule has 2 aliphatic rings. The van der Waals surface area contributed by atoms with Crippen molar-refractivity contribution < 1.29 is 14.3 Å². The predicted octanol–water partition coefficient (Wildman–Crippen LogP) is 2.76. The molecule has 5 nitrogen and oxygen atoms in total. The summed E-state index contributed by atoms with van der Waals surface area (Å²) in [6.07, 6.45) is 5.74. The zero-order chi connectivity index (χ0) is 16.9. The first-order valence-electron chi connectivity index (χ1n) is 8.90. The van der Waals surface area contributed by atoms with Crippen molar-refractivity contribution in [2.75, 3.05) is 26.7 Å². The van der Waals surface area contributed by atoms with Crippen molar-refractivity contribution in [3.8, 4) is 5.75 Å². The van der Waals surface area contributed by atoms with Gasteiger partial charge < -0.3 is 14.5 Å². The minimum Gasteiger partial charge on any atom is -0.497 e. The van der Waals surface area contributed by atoms with Gasteiger partial charge in [-0.05, 0) is 37.0 Å². The van der Waals surface area contributed by atoms with Crippen LogP contribution >= 0.6 is 0 Å². The van der Waals surface area contributed by atoms with E-state index in [9.17, 15) is 9.59 Å². The van der Waals surface area contributed by atoms with Crippen molar-refractivity contribution >= 4 is 11.8 Å². The summed E-state index contributed by atoms with van der Waals surface area (Å²) in [5.41, 5.74) is 1.15. The lowest BCUT2D eigenvalue weighted by Crippen LogP contribution is -2.42. The highest BCUT2D eigenvalue weighted by Gasteiger charge is 2.30. The van der Waals surface area contributed by atoms with Gasteiger partial charge in [0, 0.05) is 19.5 Å². The van der Waals surface area contributed by atoms with E-state index in [1.807, 2.05) is 17.0 Å². The molecular weight excluding hydrogens is 304 g/mol. The molecule has 3 rings (SSSR count). The molecule has 1 atom stereocenters. The molecule has 2 saturated heterocycles. The topological polar surface area (TPSA) is 49.9 Å². The van der Waals surface area contributed by atoms with Crippen LogP contribution in [0.15, 0.2) is 24.3 Å². The molecule has 0 aliphatic carbocycles. The van der Waals surface area contributed by atoms with Crippen LogP contribution < -0.4 is 4.74 Å². The summed E-state index contributed by atoms with van der Waals surface area (Å²) in [7, 11) is 1.66. The number of benzene rings is 1. The third-order valence-electron chi connectivity index (χ3n) is 5.07. The van der Waals surface area contributed by atoms with Crippen molar-refractivity contribution in [3.63, 3.8) is 0 Å². The van der Waals surface area contributed by atoms with Crippen LogP contribution in [-0.4, -0.2) is 48.4 Å². The average molecular weight is 330 g/mol. The molecule has 0 unspecified atom stereocenters. The number of nitrogens with zero attached hydrogens (tertiary/aromatic N) is 2. The van der Waals surface area contributed by atoms with Crippen molar-refractivity contribution in [1.29, 1.82) is 0 Å². The van der Waals surface area contributed by atoms with Crippen LogP contribution in [0.2, 0.25) is 0 Å². The monoisotopic (exact) mass is 330 g/mol. The second kappa shape index (κ2) is 7.69. The summed E-state index contributed by atoms with van der Waals surface area (Å²) < 4.78 is 5.23. The third kappa shape index (κ3) is 3.71. The number of rotatable bonds is 4. The number of hydrogen-bond donors (Lipinski definition) is 0. The first-order valence-corrected chi connectivity index (χ1v) is 8.90. The Morgan fingerprint density at radius 1 is 1.12 bits per heavy atom. The van der Waals surface area contributed by atoms with Crippen molar-refractivity contribution in [3.05, 3.63) is 29.8 Å². The van der Waals surface area contributed by atoms with Crippen molar-refractivity contribution in [1.82, 2.24) is 9.80 Å². The SMILES string of the molecule is COc1ccc([C@@H]2CCCCCN2C(=O)CN2CCCC2=O)cc1. The molecule has 2 aliphatic heterocycles. The second-order valence-corrected chi connectivity index (χ2v) is 6.64. The summed E-state index contributed by atoms with van der Waals surface area (Å²) in [5, 5.41) is 0. The van der Waals surface area contributed by atoms with E-state index >= 15 is 0 Å². The number of amides is 2. The Morgan fingerprint density at radius 3 is 2.58 bits per heavy atom. The summed E-state index contributed by atoms with van der Waals surface area (Å²) in [4.78, 5) is 28.4. The molecule has 0 saturated carbocycles. The zero-order valence-corrected chi connectivity index (χ0v) is 14.4. The second-order valence-electron chi connectivity index (χ2n) is 6.64. The largest absolute Gasteiger partial charge is 0.497 e. The Kier molecular flexibility index (Phi) is 5.38. The lowest BCUT2D eigenvalue weighted by Gasteiger charge is -2.32. The Morgan fingerprint density at radius 2 is 1.92 bits per heavy atom. The fourth-order valence-electron chi connectivity index (χ4n) is 3.70. The lowest BCUT2D eigenvalue weighted by atomic mass is 10.0. The number of carbonyl (C=O) groups excluding carboxylic acids is 2. The van der Waals surface area contributed by atoms with Crippen LogP contribution in [0.1, 0.15) is 50.1 Å². The van der Waals surface area contributed by atoms with Gasteiger partial charge in [0.15, 0.2) is 0 Å². The quantitative estimate of drug-likeness (QED) is 0.853. The molecule has 0 radical (unpaired) electrons. The van der Waals surface area contributed by atoms with E-state index in [4.69, 9.17) is 4.74 Å². The highest BCUT2D eigenvalue weighted by atomic mass is 16.5. The van der Waals surface area contributed by atoms with Crippen molar-refractivity contribution in [2.24, 2.45) is 0 Å². The molecule has 0 aromatic heterocycles. The highest BCUT2D eigenvalue weighted by molar-refractivity contribution is 5.86. The van der Waals surface area contributed by atoms with E-state index < -0.39 is 0 Å². The molecule has 1 aromatic carbocycles. The van der Waals surface area contributed by atoms with Gasteiger partial charge in [-0.3, -0.25) is 9.59 Å². The minimum absolute atomic E-state index is 0.0768. The number of likely N-dealkylation sites (tertiary alicyclic amines) is 2. The molecule has 24 heavy (non-hydrogen) atoms. The zero-order valence-electron chi connectivity index (χ0n) is 14.4. The molecular formula is C19H26N2O3. The van der Waals surface area contributed by atoms with Gasteiger partial charge in [0.05, 0.1) is 19.7 Å². The maximum absolute atomic E-state index is 12.9. The molecule has 1 aromatic rings. The van der Waals surface area contributed by atoms with Gasteiger partial charge in [-0.1, -0.05) is 25.0 Å². The van der Waals surface area contributed by atoms with Gasteiger partial charge in [0.2, 0.25) is 11.8 Å². The summed E-state index contributed by atoms with van der Waals surface area (Å²) in [6, 6.07) is 8.11. The fourth-order valence-corrected chi connectivity index (χ4v) is 3.70. The average Bonchev–Trinajstić information content (AvgIpc) is 2.87. The van der Waals surface area contributed by atoms with E-state index in [1.54, 1.807) is 12.0 Å². The van der Waals surface area contributed by atoms with Crippen LogP contribution in [0.3, 0.4) is 0 Å². The van der Waals surface area contributed by atoms with Gasteiger partial charge in [-0.15, -0.1) is 0 Å². The molecule has 0 bridgehead atoms. The van der Waals surface area contributed by atoms with Crippen LogP contribution in [0, 0.1) is 0 Å². The molecule has 2 amide bonds. The molecule has 0 N–H and O–H groups in total. The minimum atomic E-state index is 0.0768. The van der Waals surface area contributed by atoms with E-state index in [2.05, 4.69) is 12.1 Å². The van der Waals surface area contributed by atoms with Gasteiger partial charge in [0.1, 0.15) is 5.75 Å². The van der Waals surface area contributed by atoms with E-state index in [-0.39, 0.29) is 24.4 Å². The van der Waals surface area contributed by atoms with Crippen molar-refractivity contribution in [2.45, 2.75) is 44.6 Å². The maximum atomic E-state index is 12.9. The normalized spacial score (nSPS) is 21.7. The van der Waals surface area contributed by atoms with Crippen LogP contribution in [-0.2, 0) is 9.59 Å². The smallest absolute Gasteiger partial charge is 0.242 e. The number of hydrogen-bond acceptors (Lipinski definition) is 3. The Balaban J connectivity index is 1.76. The van der Waals surface area contributed by atoms with Crippen LogP contribution in [0.25, 0.3) is 0 Å². The highest BCUT2D eigenvalue weighted by Crippen LogP contribution is 2.31. The molecule has 0 spiro atoms. The Bertz CT molecular complexity index is 585. The number of ether oxygens (including phenoxy) is 1. The predicted molar refractivity (Wildman–Crippen MR) is 91.7 cm³/mol. The molecule has 2 heterocycles. The van der Waals surface area contributed by atoms with Gasteiger partial charge >= 0.3 is 0 Å². The fraction of sp³-hybridized carbons (Fsp3) is 0.579. The van der Waals surface area contributed by atoms with E-state index in [0.29, 0.717) is 13.0 Å². The molecule has 2 fully saturated rings. The first-order chi connectivity index (χ1) is 11.7. The van der Waals surface area contributed by atoms with E-state index in [1.165, 1.54) is 0 Å². The standard InChI is InChI=1S/C19H26N2O3/c1-24-16-10-8-15(9-11-16)17-6-3-2-4-13-21(17)19(23)14-20-12-5-7-18(20)22/h8-11,17H,2-7,12-14H2,1H3/t17-/m0/s1. The summed E-state index contributed by atoms with van der Waals surface area (Å²) in [6.45, 7) is 1.72. The van der Waals surface area contributed by atoms with Gasteiger partial charge in [-0.2, -0.15) is 0 Å². The van der Waals surface area contributed by atoms with Gasteiger partial charge in [-0.25, -0.2) is 0 Å². The Hall–Kier alpha value is -2.04. The van der Waals surface area contributed by atoms with Crippen LogP contribution in [0.5, 0.6) is 5.75 Å². The Labute approximate surface area is 143 Å². The van der Waals surface area contributed by atoms with Crippen LogP contribution in [0.4, 0.5) is 0 Å². The lowest BCUT2D eigenvalue weighted by molar-refractivity contribution is -0.140. The maximum Gasteiger partial charge on any atom is 0.242 e. The number of methoxy groups -OCH3 is 1.